The molecule has 1 aliphatic carbocycles. The second kappa shape index (κ2) is 4.55. The van der Waals surface area contributed by atoms with Crippen LogP contribution >= 0.6 is 0 Å². The van der Waals surface area contributed by atoms with Crippen LogP contribution in [-0.4, -0.2) is 33.2 Å². The number of carbonyl (C=O) groups excluding carboxylic acids is 1. The molecule has 3 rings (SSSR count). The molecule has 2 aliphatic rings. The van der Waals surface area contributed by atoms with Gasteiger partial charge in [-0.3, -0.25) is 0 Å². The van der Waals surface area contributed by atoms with Gasteiger partial charge >= 0.3 is 6.03 Å². The van der Waals surface area contributed by atoms with Gasteiger partial charge in [0.05, 0.1) is 12.2 Å². The van der Waals surface area contributed by atoms with Crippen LogP contribution in [0.5, 0.6) is 0 Å². The third-order valence-corrected chi connectivity index (χ3v) is 4.17. The second-order valence-corrected chi connectivity index (χ2v) is 5.21. The zero-order valence-corrected chi connectivity index (χ0v) is 10.4. The predicted octanol–water partition coefficient (Wildman–Crippen LogP) is 1.70. The van der Waals surface area contributed by atoms with Crippen LogP contribution in [0.25, 0.3) is 0 Å². The van der Waals surface area contributed by atoms with Crippen LogP contribution in [-0.2, 0) is 6.54 Å². The Balaban J connectivity index is 1.58. The Morgan fingerprint density at radius 3 is 2.89 bits per heavy atom. The summed E-state index contributed by atoms with van der Waals surface area (Å²) in [6.07, 6.45) is 7.55. The van der Waals surface area contributed by atoms with Gasteiger partial charge in [0.2, 0.25) is 0 Å². The van der Waals surface area contributed by atoms with Crippen LogP contribution in [0, 0.1) is 0 Å². The molecule has 96 valence electrons. The van der Waals surface area contributed by atoms with Gasteiger partial charge in [-0.1, -0.05) is 0 Å². The highest BCUT2D eigenvalue weighted by Gasteiger charge is 2.47. The number of aromatic nitrogens is 2. The van der Waals surface area contributed by atoms with E-state index in [0.29, 0.717) is 6.54 Å². The zero-order chi connectivity index (χ0) is 12.4. The number of urea groups is 1. The van der Waals surface area contributed by atoms with Gasteiger partial charge in [0.25, 0.3) is 0 Å². The highest BCUT2D eigenvalue weighted by molar-refractivity contribution is 5.75. The number of nitrogens with one attached hydrogen (secondary N) is 1. The van der Waals surface area contributed by atoms with Crippen molar-refractivity contribution >= 4 is 6.03 Å². The summed E-state index contributed by atoms with van der Waals surface area (Å²) < 4.78 is 0. The van der Waals surface area contributed by atoms with Gasteiger partial charge in [0.15, 0.2) is 0 Å². The molecule has 0 bridgehead atoms. The van der Waals surface area contributed by atoms with E-state index in [1.165, 1.54) is 25.7 Å². The number of likely N-dealkylation sites (tertiary alicyclic amines) is 1. The summed E-state index contributed by atoms with van der Waals surface area (Å²) in [4.78, 5) is 14.2. The molecule has 1 saturated carbocycles. The Kier molecular flexibility index (Phi) is 2.89. The molecule has 2 heterocycles. The van der Waals surface area contributed by atoms with Gasteiger partial charge in [-0.05, 0) is 44.2 Å². The quantitative estimate of drug-likeness (QED) is 0.864. The summed E-state index contributed by atoms with van der Waals surface area (Å²) in [6, 6.07) is 3.76. The Morgan fingerprint density at radius 1 is 1.39 bits per heavy atom. The summed E-state index contributed by atoms with van der Waals surface area (Å²) in [5.41, 5.74) is 0.986. The Hall–Kier alpha value is -1.65. The lowest BCUT2D eigenvalue weighted by atomic mass is 9.75. The molecule has 2 fully saturated rings. The fourth-order valence-corrected chi connectivity index (χ4v) is 3.05. The van der Waals surface area contributed by atoms with Gasteiger partial charge in [-0.2, -0.15) is 10.2 Å². The van der Waals surface area contributed by atoms with Crippen LogP contribution in [0.1, 0.15) is 37.8 Å². The number of nitrogens with zero attached hydrogens (tertiary/aromatic N) is 3. The first-order valence-electron chi connectivity index (χ1n) is 6.62. The Morgan fingerprint density at radius 2 is 2.22 bits per heavy atom. The average molecular weight is 246 g/mol. The first-order valence-corrected chi connectivity index (χ1v) is 6.62. The highest BCUT2D eigenvalue weighted by atomic mass is 16.2. The lowest BCUT2D eigenvalue weighted by Crippen LogP contribution is -2.54. The minimum atomic E-state index is 0.0536. The first kappa shape index (κ1) is 11.4. The first-order chi connectivity index (χ1) is 8.80. The average Bonchev–Trinajstić information content (AvgIpc) is 2.82. The molecule has 5 heteroatoms. The highest BCUT2D eigenvalue weighted by Crippen LogP contribution is 2.45. The maximum Gasteiger partial charge on any atom is 0.318 e. The van der Waals surface area contributed by atoms with Crippen LogP contribution in [0.3, 0.4) is 0 Å². The number of hydrogen-bond acceptors (Lipinski definition) is 3. The van der Waals surface area contributed by atoms with Crippen molar-refractivity contribution < 1.29 is 4.79 Å². The molecule has 1 aromatic rings. The van der Waals surface area contributed by atoms with Gasteiger partial charge in [-0.15, -0.1) is 0 Å². The van der Waals surface area contributed by atoms with Crippen molar-refractivity contribution in [1.29, 1.82) is 0 Å². The maximum absolute atomic E-state index is 12.2. The van der Waals surface area contributed by atoms with Crippen LogP contribution < -0.4 is 5.32 Å². The van der Waals surface area contributed by atoms with E-state index in [1.54, 1.807) is 6.20 Å². The number of amides is 2. The number of hydrogen-bond donors (Lipinski definition) is 1. The third kappa shape index (κ3) is 1.94. The lowest BCUT2D eigenvalue weighted by Gasteiger charge is -2.45. The lowest BCUT2D eigenvalue weighted by molar-refractivity contribution is 0.0810. The van der Waals surface area contributed by atoms with Gasteiger partial charge in [-0.25, -0.2) is 4.79 Å². The number of carbonyl (C=O) groups is 1. The Bertz CT molecular complexity index is 430. The molecule has 5 nitrogen and oxygen atoms in total. The topological polar surface area (TPSA) is 58.1 Å². The zero-order valence-electron chi connectivity index (χ0n) is 10.4. The van der Waals surface area contributed by atoms with E-state index in [4.69, 9.17) is 0 Å². The summed E-state index contributed by atoms with van der Waals surface area (Å²) in [5, 5.41) is 10.7. The van der Waals surface area contributed by atoms with E-state index in [-0.39, 0.29) is 11.6 Å². The third-order valence-electron chi connectivity index (χ3n) is 4.17. The molecule has 1 spiro atoms. The van der Waals surface area contributed by atoms with Gasteiger partial charge < -0.3 is 10.2 Å². The molecule has 0 atom stereocenters. The fourth-order valence-electron chi connectivity index (χ4n) is 3.05. The molecule has 1 saturated heterocycles. The largest absolute Gasteiger partial charge is 0.332 e. The van der Waals surface area contributed by atoms with E-state index >= 15 is 0 Å². The number of rotatable bonds is 2. The standard InChI is InChI=1S/C13H18N4O/c18-12(14-10-11-4-1-8-15-16-11)17-9-3-7-13(17)5-2-6-13/h1,4,8H,2-3,5-7,9-10H2,(H,14,18). The van der Waals surface area contributed by atoms with Crippen molar-refractivity contribution in [2.75, 3.05) is 6.54 Å². The molecule has 0 aromatic carbocycles. The molecule has 1 aromatic heterocycles. The molecule has 0 radical (unpaired) electrons. The van der Waals surface area contributed by atoms with Crippen molar-refractivity contribution in [3.05, 3.63) is 24.0 Å². The molecule has 1 aliphatic heterocycles. The van der Waals surface area contributed by atoms with Crippen LogP contribution in [0.15, 0.2) is 18.3 Å². The van der Waals surface area contributed by atoms with E-state index in [1.807, 2.05) is 17.0 Å². The second-order valence-electron chi connectivity index (χ2n) is 5.21. The minimum absolute atomic E-state index is 0.0536. The molecule has 0 unspecified atom stereocenters. The minimum Gasteiger partial charge on any atom is -0.332 e. The molecular formula is C13H18N4O. The van der Waals surface area contributed by atoms with Crippen molar-refractivity contribution in [3.63, 3.8) is 0 Å². The molecule has 1 N–H and O–H groups in total. The monoisotopic (exact) mass is 246 g/mol. The van der Waals surface area contributed by atoms with E-state index in [9.17, 15) is 4.79 Å². The van der Waals surface area contributed by atoms with Crippen molar-refractivity contribution in [2.45, 2.75) is 44.2 Å². The van der Waals surface area contributed by atoms with Crippen LogP contribution in [0.4, 0.5) is 4.79 Å². The normalized spacial score (nSPS) is 20.8. The van der Waals surface area contributed by atoms with Crippen molar-refractivity contribution in [1.82, 2.24) is 20.4 Å². The summed E-state index contributed by atoms with van der Waals surface area (Å²) in [6.45, 7) is 1.35. The van der Waals surface area contributed by atoms with E-state index in [0.717, 1.165) is 18.7 Å². The van der Waals surface area contributed by atoms with Gasteiger partial charge in [0.1, 0.15) is 0 Å². The predicted molar refractivity (Wildman–Crippen MR) is 66.8 cm³/mol. The maximum atomic E-state index is 12.2. The smallest absolute Gasteiger partial charge is 0.318 e. The molecule has 2 amide bonds. The van der Waals surface area contributed by atoms with Gasteiger partial charge in [0, 0.05) is 18.3 Å². The summed E-state index contributed by atoms with van der Waals surface area (Å²) >= 11 is 0. The molecular weight excluding hydrogens is 228 g/mol. The summed E-state index contributed by atoms with van der Waals surface area (Å²) in [7, 11) is 0. The van der Waals surface area contributed by atoms with Crippen LogP contribution in [0.2, 0.25) is 0 Å². The van der Waals surface area contributed by atoms with E-state index in [2.05, 4.69) is 15.5 Å². The SMILES string of the molecule is O=C(NCc1cccnn1)N1CCCC12CCC2. The molecule has 18 heavy (non-hydrogen) atoms. The van der Waals surface area contributed by atoms with Crippen molar-refractivity contribution in [2.24, 2.45) is 0 Å². The summed E-state index contributed by atoms with van der Waals surface area (Å²) in [5.74, 6) is 0. The van der Waals surface area contributed by atoms with Crippen molar-refractivity contribution in [3.8, 4) is 0 Å². The van der Waals surface area contributed by atoms with E-state index < -0.39 is 0 Å². The fraction of sp³-hybridized carbons (Fsp3) is 0.615. The Labute approximate surface area is 107 Å².